The van der Waals surface area contributed by atoms with E-state index < -0.39 is 0 Å². The highest BCUT2D eigenvalue weighted by Crippen LogP contribution is 2.25. The second-order valence-corrected chi connectivity index (χ2v) is 5.35. The number of hydrogen-bond donors (Lipinski definition) is 1. The van der Waals surface area contributed by atoms with Crippen LogP contribution in [-0.2, 0) is 4.79 Å². The SMILES string of the molecule is CC(=O)Nc1cccc(Oc2cc(C)nc(-c3ccccc3)n2)c1. The van der Waals surface area contributed by atoms with Crippen LogP contribution in [0, 0.1) is 6.92 Å². The minimum atomic E-state index is -0.128. The smallest absolute Gasteiger partial charge is 0.223 e. The fourth-order valence-electron chi connectivity index (χ4n) is 2.27. The van der Waals surface area contributed by atoms with Gasteiger partial charge in [0.2, 0.25) is 11.8 Å². The van der Waals surface area contributed by atoms with Gasteiger partial charge < -0.3 is 10.1 Å². The van der Waals surface area contributed by atoms with Gasteiger partial charge in [0.05, 0.1) is 0 Å². The zero-order chi connectivity index (χ0) is 16.9. The molecule has 0 fully saturated rings. The molecule has 5 nitrogen and oxygen atoms in total. The first-order chi connectivity index (χ1) is 11.6. The van der Waals surface area contributed by atoms with E-state index in [1.807, 2.05) is 49.4 Å². The topological polar surface area (TPSA) is 64.1 Å². The van der Waals surface area contributed by atoms with E-state index in [0.29, 0.717) is 23.1 Å². The van der Waals surface area contributed by atoms with E-state index >= 15 is 0 Å². The van der Waals surface area contributed by atoms with Gasteiger partial charge in [0.25, 0.3) is 0 Å². The highest BCUT2D eigenvalue weighted by Gasteiger charge is 2.07. The van der Waals surface area contributed by atoms with Crippen molar-refractivity contribution >= 4 is 11.6 Å². The number of benzene rings is 2. The minimum absolute atomic E-state index is 0.128. The Morgan fingerprint density at radius 1 is 1.00 bits per heavy atom. The Bertz CT molecular complexity index is 863. The van der Waals surface area contributed by atoms with Gasteiger partial charge in [-0.25, -0.2) is 4.98 Å². The van der Waals surface area contributed by atoms with Crippen LogP contribution in [0.4, 0.5) is 5.69 Å². The zero-order valence-corrected chi connectivity index (χ0v) is 13.5. The van der Waals surface area contributed by atoms with Gasteiger partial charge >= 0.3 is 0 Å². The average Bonchev–Trinajstić information content (AvgIpc) is 2.55. The van der Waals surface area contributed by atoms with E-state index in [4.69, 9.17) is 4.74 Å². The third-order valence-corrected chi connectivity index (χ3v) is 3.24. The van der Waals surface area contributed by atoms with Crippen LogP contribution in [0.25, 0.3) is 11.4 Å². The third kappa shape index (κ3) is 3.95. The van der Waals surface area contributed by atoms with Crippen LogP contribution in [-0.4, -0.2) is 15.9 Å². The van der Waals surface area contributed by atoms with Crippen LogP contribution in [0.5, 0.6) is 11.6 Å². The maximum atomic E-state index is 11.2. The molecule has 24 heavy (non-hydrogen) atoms. The summed E-state index contributed by atoms with van der Waals surface area (Å²) in [7, 11) is 0. The lowest BCUT2D eigenvalue weighted by Crippen LogP contribution is -2.05. The lowest BCUT2D eigenvalue weighted by Gasteiger charge is -2.09. The van der Waals surface area contributed by atoms with Gasteiger partial charge in [0, 0.05) is 36.0 Å². The molecule has 1 heterocycles. The Balaban J connectivity index is 1.88. The minimum Gasteiger partial charge on any atom is -0.439 e. The van der Waals surface area contributed by atoms with Crippen molar-refractivity contribution in [1.29, 1.82) is 0 Å². The van der Waals surface area contributed by atoms with Crippen LogP contribution >= 0.6 is 0 Å². The van der Waals surface area contributed by atoms with E-state index in [9.17, 15) is 4.79 Å². The van der Waals surface area contributed by atoms with Crippen molar-refractivity contribution in [1.82, 2.24) is 9.97 Å². The number of ether oxygens (including phenoxy) is 1. The van der Waals surface area contributed by atoms with Crippen LogP contribution < -0.4 is 10.1 Å². The summed E-state index contributed by atoms with van der Waals surface area (Å²) < 4.78 is 5.84. The van der Waals surface area contributed by atoms with Gasteiger partial charge in [-0.3, -0.25) is 4.79 Å². The maximum absolute atomic E-state index is 11.2. The molecule has 1 amide bonds. The summed E-state index contributed by atoms with van der Waals surface area (Å²) in [5.41, 5.74) is 2.42. The molecule has 3 rings (SSSR count). The first-order valence-corrected chi connectivity index (χ1v) is 7.57. The Morgan fingerprint density at radius 3 is 2.54 bits per heavy atom. The first kappa shape index (κ1) is 15.7. The fourth-order valence-corrected chi connectivity index (χ4v) is 2.27. The molecule has 0 aliphatic rings. The monoisotopic (exact) mass is 319 g/mol. The molecule has 120 valence electrons. The van der Waals surface area contributed by atoms with Crippen molar-refractivity contribution < 1.29 is 9.53 Å². The van der Waals surface area contributed by atoms with Gasteiger partial charge in [-0.1, -0.05) is 36.4 Å². The standard InChI is InChI=1S/C19H17N3O2/c1-13-11-18(22-19(20-13)15-7-4-3-5-8-15)24-17-10-6-9-16(12-17)21-14(2)23/h3-12H,1-2H3,(H,21,23). The van der Waals surface area contributed by atoms with Crippen molar-refractivity contribution in [3.63, 3.8) is 0 Å². The molecule has 1 N–H and O–H groups in total. The summed E-state index contributed by atoms with van der Waals surface area (Å²) >= 11 is 0. The molecule has 1 aromatic heterocycles. The zero-order valence-electron chi connectivity index (χ0n) is 13.5. The summed E-state index contributed by atoms with van der Waals surface area (Å²) in [6, 6.07) is 18.7. The molecule has 0 radical (unpaired) electrons. The fraction of sp³-hybridized carbons (Fsp3) is 0.105. The van der Waals surface area contributed by atoms with E-state index in [1.54, 1.807) is 18.2 Å². The molecule has 0 aliphatic heterocycles. The molecule has 0 bridgehead atoms. The van der Waals surface area contributed by atoms with Gasteiger partial charge in [-0.15, -0.1) is 0 Å². The number of carbonyl (C=O) groups is 1. The quantitative estimate of drug-likeness (QED) is 0.782. The van der Waals surface area contributed by atoms with Gasteiger partial charge in [-0.2, -0.15) is 4.98 Å². The molecule has 0 aliphatic carbocycles. The highest BCUT2D eigenvalue weighted by molar-refractivity contribution is 5.88. The van der Waals surface area contributed by atoms with Crippen LogP contribution in [0.3, 0.4) is 0 Å². The van der Waals surface area contributed by atoms with E-state index in [0.717, 1.165) is 11.3 Å². The number of rotatable bonds is 4. The molecule has 0 saturated heterocycles. The van der Waals surface area contributed by atoms with Gasteiger partial charge in [0.1, 0.15) is 5.75 Å². The molecule has 2 aromatic carbocycles. The highest BCUT2D eigenvalue weighted by atomic mass is 16.5. The van der Waals surface area contributed by atoms with E-state index in [2.05, 4.69) is 15.3 Å². The molecule has 0 saturated carbocycles. The Hall–Kier alpha value is -3.21. The van der Waals surface area contributed by atoms with Crippen molar-refractivity contribution in [3.05, 3.63) is 66.4 Å². The van der Waals surface area contributed by atoms with Gasteiger partial charge in [-0.05, 0) is 19.1 Å². The average molecular weight is 319 g/mol. The first-order valence-electron chi connectivity index (χ1n) is 7.57. The molecule has 3 aromatic rings. The Kier molecular flexibility index (Phi) is 4.52. The maximum Gasteiger partial charge on any atom is 0.223 e. The lowest BCUT2D eigenvalue weighted by atomic mass is 10.2. The number of hydrogen-bond acceptors (Lipinski definition) is 4. The predicted octanol–water partition coefficient (Wildman–Crippen LogP) is 4.20. The van der Waals surface area contributed by atoms with Crippen molar-refractivity contribution in [2.24, 2.45) is 0 Å². The normalized spacial score (nSPS) is 10.2. The van der Waals surface area contributed by atoms with Gasteiger partial charge in [0.15, 0.2) is 5.82 Å². The van der Waals surface area contributed by atoms with Crippen LogP contribution in [0.1, 0.15) is 12.6 Å². The summed E-state index contributed by atoms with van der Waals surface area (Å²) in [6.07, 6.45) is 0. The Labute approximate surface area is 140 Å². The number of nitrogens with one attached hydrogen (secondary N) is 1. The molecule has 0 unspecified atom stereocenters. The number of carbonyl (C=O) groups excluding carboxylic acids is 1. The Morgan fingerprint density at radius 2 is 1.79 bits per heavy atom. The van der Waals surface area contributed by atoms with E-state index in [-0.39, 0.29) is 5.91 Å². The number of nitrogens with zero attached hydrogens (tertiary/aromatic N) is 2. The lowest BCUT2D eigenvalue weighted by molar-refractivity contribution is -0.114. The molecular formula is C19H17N3O2. The van der Waals surface area contributed by atoms with Crippen molar-refractivity contribution in [3.8, 4) is 23.0 Å². The molecular weight excluding hydrogens is 302 g/mol. The van der Waals surface area contributed by atoms with Crippen molar-refractivity contribution in [2.45, 2.75) is 13.8 Å². The second-order valence-electron chi connectivity index (χ2n) is 5.35. The molecule has 0 spiro atoms. The summed E-state index contributed by atoms with van der Waals surface area (Å²) in [4.78, 5) is 20.1. The summed E-state index contributed by atoms with van der Waals surface area (Å²) in [5, 5.41) is 2.73. The third-order valence-electron chi connectivity index (χ3n) is 3.24. The number of amides is 1. The van der Waals surface area contributed by atoms with Crippen LogP contribution in [0.2, 0.25) is 0 Å². The second kappa shape index (κ2) is 6.91. The summed E-state index contributed by atoms with van der Waals surface area (Å²) in [6.45, 7) is 3.36. The van der Waals surface area contributed by atoms with E-state index in [1.165, 1.54) is 6.92 Å². The van der Waals surface area contributed by atoms with Crippen molar-refractivity contribution in [2.75, 3.05) is 5.32 Å². The summed E-state index contributed by atoms with van der Waals surface area (Å²) in [5.74, 6) is 1.54. The van der Waals surface area contributed by atoms with Crippen LogP contribution in [0.15, 0.2) is 60.7 Å². The number of anilines is 1. The number of aryl methyl sites for hydroxylation is 1. The largest absolute Gasteiger partial charge is 0.439 e. The molecule has 0 atom stereocenters. The predicted molar refractivity (Wildman–Crippen MR) is 93.0 cm³/mol. The number of aromatic nitrogens is 2. The molecule has 5 heteroatoms.